The van der Waals surface area contributed by atoms with Crippen molar-refractivity contribution < 1.29 is 0 Å². The maximum Gasteiger partial charge on any atom is 0 e. The molecule has 105 valence electrons. The van der Waals surface area contributed by atoms with Crippen LogP contribution in [0.5, 0.6) is 0 Å². The average molecular weight is 641 g/mol. The molecule has 23 heavy (non-hydrogen) atoms. The Morgan fingerprint density at radius 1 is 0.391 bits per heavy atom. The van der Waals surface area contributed by atoms with Crippen LogP contribution in [0.4, 0.5) is 0 Å². The predicted octanol–water partition coefficient (Wildman–Crippen LogP) is 1.92. The molecule has 0 saturated carbocycles. The molecule has 0 heterocycles. The van der Waals surface area contributed by atoms with Crippen LogP contribution in [0.25, 0.3) is 0 Å². The summed E-state index contributed by atoms with van der Waals surface area (Å²) in [7, 11) is -0.446. The summed E-state index contributed by atoms with van der Waals surface area (Å²) >= 11 is 0. The SMILES string of the molecule is [Na].[Sn].[Sn].[Sn].c1ccc(P(c2ccccc2)c2ccccc2)cc1. The first kappa shape index (κ1) is 26.7. The first-order valence-corrected chi connectivity index (χ1v) is 7.74. The second kappa shape index (κ2) is 14.6. The first-order chi connectivity index (χ1) is 9.45. The van der Waals surface area contributed by atoms with E-state index < -0.39 is 7.92 Å². The molecule has 0 aromatic heterocycles. The molecule has 13 radical (unpaired) electrons. The Labute approximate surface area is 213 Å². The molecule has 0 unspecified atom stereocenters. The van der Waals surface area contributed by atoms with Gasteiger partial charge in [-0.1, -0.05) is 91.0 Å². The van der Waals surface area contributed by atoms with Crippen molar-refractivity contribution in [1.82, 2.24) is 0 Å². The summed E-state index contributed by atoms with van der Waals surface area (Å²) in [5.41, 5.74) is 0. The van der Waals surface area contributed by atoms with Gasteiger partial charge in [-0.15, -0.1) is 0 Å². The Morgan fingerprint density at radius 2 is 0.609 bits per heavy atom. The summed E-state index contributed by atoms with van der Waals surface area (Å²) in [6.45, 7) is 0. The summed E-state index contributed by atoms with van der Waals surface area (Å²) in [5, 5.41) is 4.19. The maximum absolute atomic E-state index is 2.23. The molecule has 0 aliphatic carbocycles. The van der Waals surface area contributed by atoms with Crippen molar-refractivity contribution in [3.8, 4) is 0 Å². The fraction of sp³-hybridized carbons (Fsp3) is 0. The van der Waals surface area contributed by atoms with Crippen molar-refractivity contribution in [2.75, 3.05) is 0 Å². The smallest absolute Gasteiger partial charge is 0 e. The van der Waals surface area contributed by atoms with Crippen LogP contribution in [0.1, 0.15) is 0 Å². The van der Waals surface area contributed by atoms with Crippen molar-refractivity contribution in [2.24, 2.45) is 0 Å². The molecule has 0 aliphatic heterocycles. The minimum absolute atomic E-state index is 0. The van der Waals surface area contributed by atoms with Crippen LogP contribution in [0.15, 0.2) is 91.0 Å². The van der Waals surface area contributed by atoms with Gasteiger partial charge in [0.2, 0.25) is 0 Å². The quantitative estimate of drug-likeness (QED) is 0.303. The Hall–Kier alpha value is 1.49. The number of benzene rings is 3. The molecule has 0 aliphatic rings. The third-order valence-electron chi connectivity index (χ3n) is 3.04. The third kappa shape index (κ3) is 7.72. The molecule has 3 aromatic carbocycles. The van der Waals surface area contributed by atoms with E-state index in [2.05, 4.69) is 91.0 Å². The van der Waals surface area contributed by atoms with Crippen LogP contribution in [0, 0.1) is 0 Å². The summed E-state index contributed by atoms with van der Waals surface area (Å²) in [4.78, 5) is 0. The molecule has 0 bridgehead atoms. The van der Waals surface area contributed by atoms with Crippen LogP contribution in [0.3, 0.4) is 0 Å². The van der Waals surface area contributed by atoms with Gasteiger partial charge in [0.05, 0.1) is 0 Å². The van der Waals surface area contributed by atoms with Gasteiger partial charge in [0.1, 0.15) is 0 Å². The monoisotopic (exact) mass is 645 g/mol. The summed E-state index contributed by atoms with van der Waals surface area (Å²) < 4.78 is 0. The van der Waals surface area contributed by atoms with E-state index in [0.29, 0.717) is 0 Å². The van der Waals surface area contributed by atoms with Gasteiger partial charge in [0.25, 0.3) is 0 Å². The predicted molar refractivity (Wildman–Crippen MR) is 108 cm³/mol. The molecule has 0 nitrogen and oxygen atoms in total. The van der Waals surface area contributed by atoms with Gasteiger partial charge in [-0.25, -0.2) is 0 Å². The van der Waals surface area contributed by atoms with Crippen LogP contribution in [-0.4, -0.2) is 101 Å². The second-order valence-electron chi connectivity index (χ2n) is 4.34. The molecular weight excluding hydrogens is 626 g/mol. The van der Waals surface area contributed by atoms with E-state index in [9.17, 15) is 0 Å². The third-order valence-corrected chi connectivity index (χ3v) is 5.49. The Morgan fingerprint density at radius 3 is 0.826 bits per heavy atom. The fourth-order valence-corrected chi connectivity index (χ4v) is 4.48. The Bertz CT molecular complexity index is 542. The Kier molecular flexibility index (Phi) is 17.0. The molecule has 3 aromatic rings. The average Bonchev–Trinajstić information content (AvgIpc) is 2.51. The van der Waals surface area contributed by atoms with Gasteiger partial charge in [-0.05, 0) is 23.8 Å². The normalized spacial score (nSPS) is 8.74. The Balaban J connectivity index is 0. The maximum atomic E-state index is 2.23. The zero-order valence-corrected chi connectivity index (χ0v) is 24.6. The van der Waals surface area contributed by atoms with Gasteiger partial charge in [0.15, 0.2) is 0 Å². The van der Waals surface area contributed by atoms with Gasteiger partial charge >= 0.3 is 0 Å². The van der Waals surface area contributed by atoms with Gasteiger partial charge in [0, 0.05) is 101 Å². The van der Waals surface area contributed by atoms with Gasteiger partial charge < -0.3 is 0 Å². The molecule has 3 rings (SSSR count). The van der Waals surface area contributed by atoms with Crippen LogP contribution >= 0.6 is 7.92 Å². The molecule has 0 atom stereocenters. The van der Waals surface area contributed by atoms with E-state index in [1.54, 1.807) is 0 Å². The van der Waals surface area contributed by atoms with Crippen LogP contribution in [0.2, 0.25) is 0 Å². The largest absolute Gasteiger partial charge is 0.0622 e. The van der Waals surface area contributed by atoms with Crippen molar-refractivity contribution >= 4 is 125 Å². The minimum Gasteiger partial charge on any atom is -0.0622 e. The molecule has 5 heteroatoms. The van der Waals surface area contributed by atoms with E-state index in [0.717, 1.165) is 0 Å². The van der Waals surface area contributed by atoms with E-state index in [4.69, 9.17) is 0 Å². The van der Waals surface area contributed by atoms with Crippen molar-refractivity contribution in [2.45, 2.75) is 0 Å². The first-order valence-electron chi connectivity index (χ1n) is 6.40. The molecular formula is C18H15NaPSn3. The standard InChI is InChI=1S/C18H15P.Na.3Sn/c1-4-10-16(11-5-1)19(17-12-6-2-7-13-17)18-14-8-3-9-15-18;;;;/h1-15H;;;;. The number of rotatable bonds is 3. The zero-order valence-electron chi connectivity index (χ0n) is 13.1. The summed E-state index contributed by atoms with van der Waals surface area (Å²) in [6.07, 6.45) is 0. The molecule has 0 saturated heterocycles. The summed E-state index contributed by atoms with van der Waals surface area (Å²) in [6, 6.07) is 32.3. The zero-order chi connectivity index (χ0) is 12.9. The molecule has 0 amide bonds. The van der Waals surface area contributed by atoms with Crippen molar-refractivity contribution in [1.29, 1.82) is 0 Å². The van der Waals surface area contributed by atoms with E-state index in [1.165, 1.54) is 15.9 Å². The number of hydrogen-bond acceptors (Lipinski definition) is 0. The van der Waals surface area contributed by atoms with Gasteiger partial charge in [-0.2, -0.15) is 0 Å². The molecule has 0 fully saturated rings. The summed E-state index contributed by atoms with van der Waals surface area (Å²) in [5.74, 6) is 0. The topological polar surface area (TPSA) is 0 Å². The van der Waals surface area contributed by atoms with Crippen molar-refractivity contribution in [3.05, 3.63) is 91.0 Å². The molecule has 0 spiro atoms. The van der Waals surface area contributed by atoms with Crippen molar-refractivity contribution in [3.63, 3.8) is 0 Å². The second-order valence-corrected chi connectivity index (χ2v) is 6.56. The van der Waals surface area contributed by atoms with Crippen LogP contribution in [-0.2, 0) is 0 Å². The number of hydrogen-bond donors (Lipinski definition) is 0. The minimum atomic E-state index is -0.446. The van der Waals surface area contributed by atoms with E-state index in [1.807, 2.05) is 0 Å². The van der Waals surface area contributed by atoms with E-state index in [-0.39, 0.29) is 101 Å². The fourth-order valence-electron chi connectivity index (χ4n) is 2.18. The van der Waals surface area contributed by atoms with Gasteiger partial charge in [-0.3, -0.25) is 0 Å². The molecule has 0 N–H and O–H groups in total. The van der Waals surface area contributed by atoms with Crippen LogP contribution < -0.4 is 15.9 Å². The van der Waals surface area contributed by atoms with E-state index >= 15 is 0 Å².